The van der Waals surface area contributed by atoms with E-state index in [0.29, 0.717) is 22.5 Å². The van der Waals surface area contributed by atoms with E-state index in [2.05, 4.69) is 0 Å². The number of rotatable bonds is 5. The Morgan fingerprint density at radius 1 is 1.10 bits per heavy atom. The van der Waals surface area contributed by atoms with E-state index in [0.717, 1.165) is 12.1 Å². The molecule has 1 saturated heterocycles. The molecule has 2 aromatic rings. The molecule has 31 heavy (non-hydrogen) atoms. The highest BCUT2D eigenvalue weighted by Gasteiger charge is 2.51. The number of nitriles is 1. The van der Waals surface area contributed by atoms with Crippen molar-refractivity contribution in [1.82, 2.24) is 0 Å². The molecule has 0 aliphatic carbocycles. The fourth-order valence-electron chi connectivity index (χ4n) is 3.12. The van der Waals surface area contributed by atoms with E-state index in [-0.39, 0.29) is 18.8 Å². The summed E-state index contributed by atoms with van der Waals surface area (Å²) in [4.78, 5) is 0.677. The van der Waals surface area contributed by atoms with Crippen LogP contribution >= 0.6 is 0 Å². The van der Waals surface area contributed by atoms with Crippen LogP contribution in [0.25, 0.3) is 0 Å². The van der Waals surface area contributed by atoms with E-state index in [1.807, 2.05) is 0 Å². The van der Waals surface area contributed by atoms with Gasteiger partial charge in [-0.15, -0.1) is 0 Å². The third kappa shape index (κ3) is 5.14. The maximum Gasteiger partial charge on any atom is 0.433 e. The topological polar surface area (TPSA) is 54.7 Å². The summed E-state index contributed by atoms with van der Waals surface area (Å²) in [6.45, 7) is -0.629. The third-order valence-corrected chi connectivity index (χ3v) is 4.52. The van der Waals surface area contributed by atoms with Crippen LogP contribution < -0.4 is 14.4 Å². The van der Waals surface area contributed by atoms with Crippen molar-refractivity contribution in [3.8, 4) is 17.6 Å². The number of nitrogens with zero attached hydrogens (tertiary/aromatic N) is 2. The summed E-state index contributed by atoms with van der Waals surface area (Å²) >= 11 is 0. The second-order valence-corrected chi connectivity index (χ2v) is 6.63. The predicted molar refractivity (Wildman–Crippen MR) is 96.7 cm³/mol. The Balaban J connectivity index is 1.83. The van der Waals surface area contributed by atoms with Crippen LogP contribution in [0.15, 0.2) is 42.5 Å². The van der Waals surface area contributed by atoms with E-state index in [4.69, 9.17) is 19.5 Å². The van der Waals surface area contributed by atoms with E-state index >= 15 is 0 Å². The molecule has 2 aromatic carbocycles. The Morgan fingerprint density at radius 3 is 2.42 bits per heavy atom. The largest absolute Gasteiger partial charge is 0.497 e. The van der Waals surface area contributed by atoms with Crippen molar-refractivity contribution in [3.05, 3.63) is 53.6 Å². The Hall–Kier alpha value is -3.13. The van der Waals surface area contributed by atoms with Crippen molar-refractivity contribution in [2.45, 2.75) is 24.7 Å². The quantitative estimate of drug-likeness (QED) is 0.620. The van der Waals surface area contributed by atoms with Gasteiger partial charge < -0.3 is 19.1 Å². The van der Waals surface area contributed by atoms with Gasteiger partial charge in [0.05, 0.1) is 30.9 Å². The van der Waals surface area contributed by atoms with Crippen molar-refractivity contribution in [2.24, 2.45) is 0 Å². The number of benzene rings is 2. The van der Waals surface area contributed by atoms with Crippen LogP contribution in [0.2, 0.25) is 0 Å². The van der Waals surface area contributed by atoms with Gasteiger partial charge in [0, 0.05) is 11.8 Å². The highest BCUT2D eigenvalue weighted by atomic mass is 19.4. The van der Waals surface area contributed by atoms with Crippen LogP contribution in [-0.2, 0) is 10.9 Å². The number of ether oxygens (including phenoxy) is 3. The molecule has 11 heteroatoms. The van der Waals surface area contributed by atoms with Gasteiger partial charge in [0.25, 0.3) is 0 Å². The molecule has 2 atom stereocenters. The molecule has 0 saturated carbocycles. The van der Waals surface area contributed by atoms with E-state index < -0.39 is 35.8 Å². The summed E-state index contributed by atoms with van der Waals surface area (Å²) in [5.74, 6) is 0.819. The van der Waals surface area contributed by atoms with Crippen LogP contribution in [-0.4, -0.2) is 38.8 Å². The van der Waals surface area contributed by atoms with Gasteiger partial charge >= 0.3 is 12.4 Å². The molecule has 3 rings (SSSR count). The first kappa shape index (κ1) is 22.6. The van der Waals surface area contributed by atoms with Crippen LogP contribution in [0.1, 0.15) is 11.1 Å². The zero-order valence-electron chi connectivity index (χ0n) is 16.0. The van der Waals surface area contributed by atoms with Crippen LogP contribution in [0.5, 0.6) is 11.5 Å². The Labute approximate surface area is 173 Å². The van der Waals surface area contributed by atoms with E-state index in [9.17, 15) is 26.3 Å². The molecule has 0 radical (unpaired) electrons. The molecule has 5 nitrogen and oxygen atoms in total. The first-order valence-corrected chi connectivity index (χ1v) is 8.90. The second-order valence-electron chi connectivity index (χ2n) is 6.63. The number of hydrogen-bond donors (Lipinski definition) is 0. The molecule has 0 amide bonds. The summed E-state index contributed by atoms with van der Waals surface area (Å²) in [6.07, 6.45) is -13.3. The molecule has 0 spiro atoms. The predicted octanol–water partition coefficient (Wildman–Crippen LogP) is 4.76. The smallest absolute Gasteiger partial charge is 0.433 e. The molecule has 1 fully saturated rings. The number of anilines is 1. The average molecular weight is 446 g/mol. The lowest BCUT2D eigenvalue weighted by Gasteiger charge is -2.27. The lowest BCUT2D eigenvalue weighted by atomic mass is 10.1. The summed E-state index contributed by atoms with van der Waals surface area (Å²) in [7, 11) is 1.44. The van der Waals surface area contributed by atoms with Crippen molar-refractivity contribution in [2.75, 3.05) is 25.2 Å². The number of halogens is 6. The van der Waals surface area contributed by atoms with Gasteiger partial charge in [0.15, 0.2) is 0 Å². The zero-order valence-corrected chi connectivity index (χ0v) is 16.0. The van der Waals surface area contributed by atoms with Gasteiger partial charge in [-0.2, -0.15) is 31.6 Å². The maximum atomic E-state index is 13.5. The summed E-state index contributed by atoms with van der Waals surface area (Å²) in [5, 5.41) is 8.88. The molecule has 0 aromatic heterocycles. The lowest BCUT2D eigenvalue weighted by molar-refractivity contribution is -0.215. The summed E-state index contributed by atoms with van der Waals surface area (Å²) in [5.41, 5.74) is -2.36. The monoisotopic (exact) mass is 446 g/mol. The van der Waals surface area contributed by atoms with Gasteiger partial charge in [-0.1, -0.05) is 6.07 Å². The normalized spacial score (nSPS) is 19.2. The minimum absolute atomic E-state index is 0.265. The van der Waals surface area contributed by atoms with Crippen LogP contribution in [0.4, 0.5) is 32.0 Å². The Kier molecular flexibility index (Phi) is 6.22. The standard InChI is InChI=1S/C20H16F6N2O3/c1-29-14-3-2-4-15(8-14)30-11-16-10-28(18(31-16)20(24,25)26)13-6-5-12(9-27)17(7-13)19(21,22)23/h2-8,16,18H,10-11H2,1H3. The molecule has 1 aliphatic heterocycles. The van der Waals surface area contributed by atoms with Crippen molar-refractivity contribution in [1.29, 1.82) is 5.26 Å². The average Bonchev–Trinajstić information content (AvgIpc) is 3.16. The first-order chi connectivity index (χ1) is 14.5. The summed E-state index contributed by atoms with van der Waals surface area (Å²) in [6, 6.07) is 10.2. The minimum Gasteiger partial charge on any atom is -0.497 e. The maximum absolute atomic E-state index is 13.5. The molecular weight excluding hydrogens is 430 g/mol. The first-order valence-electron chi connectivity index (χ1n) is 8.90. The Bertz CT molecular complexity index is 971. The second kappa shape index (κ2) is 8.55. The van der Waals surface area contributed by atoms with Gasteiger partial charge in [-0.25, -0.2) is 0 Å². The Morgan fingerprint density at radius 2 is 1.81 bits per heavy atom. The fourth-order valence-corrected chi connectivity index (χ4v) is 3.12. The van der Waals surface area contributed by atoms with Gasteiger partial charge in [-0.3, -0.25) is 0 Å². The van der Waals surface area contributed by atoms with Crippen LogP contribution in [0, 0.1) is 11.3 Å². The van der Waals surface area contributed by atoms with Crippen molar-refractivity contribution >= 4 is 5.69 Å². The van der Waals surface area contributed by atoms with Gasteiger partial charge in [0.2, 0.25) is 6.23 Å². The molecule has 0 bridgehead atoms. The number of hydrogen-bond acceptors (Lipinski definition) is 5. The van der Waals surface area contributed by atoms with Crippen LogP contribution in [0.3, 0.4) is 0 Å². The van der Waals surface area contributed by atoms with Gasteiger partial charge in [0.1, 0.15) is 24.2 Å². The summed E-state index contributed by atoms with van der Waals surface area (Å²) < 4.78 is 95.8. The lowest BCUT2D eigenvalue weighted by Crippen LogP contribution is -2.42. The zero-order chi connectivity index (χ0) is 22.8. The van der Waals surface area contributed by atoms with Crippen molar-refractivity contribution in [3.63, 3.8) is 0 Å². The molecule has 166 valence electrons. The molecule has 0 N–H and O–H groups in total. The number of methoxy groups -OCH3 is 1. The minimum atomic E-state index is -4.90. The molecule has 2 unspecified atom stereocenters. The third-order valence-electron chi connectivity index (χ3n) is 4.52. The molecule has 1 aliphatic rings. The van der Waals surface area contributed by atoms with Gasteiger partial charge in [-0.05, 0) is 30.3 Å². The van der Waals surface area contributed by atoms with E-state index in [1.54, 1.807) is 18.2 Å². The van der Waals surface area contributed by atoms with Crippen molar-refractivity contribution < 1.29 is 40.6 Å². The van der Waals surface area contributed by atoms with E-state index in [1.165, 1.54) is 19.2 Å². The fraction of sp³-hybridized carbons (Fsp3) is 0.350. The number of alkyl halides is 6. The highest BCUT2D eigenvalue weighted by Crippen LogP contribution is 2.39. The highest BCUT2D eigenvalue weighted by molar-refractivity contribution is 5.56. The SMILES string of the molecule is COc1cccc(OCC2CN(c3ccc(C#N)c(C(F)(F)F)c3)C(C(F)(F)F)O2)c1. The molecular formula is C20H16F6N2O3. The molecule has 1 heterocycles.